The van der Waals surface area contributed by atoms with Gasteiger partial charge in [0.2, 0.25) is 0 Å². The number of ether oxygens (including phenoxy) is 1. The molecule has 1 aromatic carbocycles. The monoisotopic (exact) mass is 219 g/mol. The summed E-state index contributed by atoms with van der Waals surface area (Å²) in [5.41, 5.74) is 8.36. The molecule has 3 heteroatoms. The molecule has 0 radical (unpaired) electrons. The second kappa shape index (κ2) is 4.47. The zero-order valence-corrected chi connectivity index (χ0v) is 9.33. The van der Waals surface area contributed by atoms with Gasteiger partial charge in [-0.25, -0.2) is 0 Å². The standard InChI is InChI=1S/C12H13NOS/c1-14-11-4-2-3-9(7-11)12(13)10-5-6-15-8-10/h2-8,12H,13H2,1H3. The van der Waals surface area contributed by atoms with E-state index in [9.17, 15) is 0 Å². The molecular weight excluding hydrogens is 206 g/mol. The SMILES string of the molecule is COc1cccc(C(N)c2ccsc2)c1. The normalized spacial score (nSPS) is 12.4. The fraction of sp³-hybridized carbons (Fsp3) is 0.167. The lowest BCUT2D eigenvalue weighted by molar-refractivity contribution is 0.414. The molecule has 0 saturated carbocycles. The van der Waals surface area contributed by atoms with Crippen LogP contribution in [-0.4, -0.2) is 7.11 Å². The summed E-state index contributed by atoms with van der Waals surface area (Å²) < 4.78 is 5.17. The van der Waals surface area contributed by atoms with Crippen LogP contribution in [0.15, 0.2) is 41.1 Å². The van der Waals surface area contributed by atoms with Crippen LogP contribution in [0.5, 0.6) is 5.75 Å². The van der Waals surface area contributed by atoms with E-state index >= 15 is 0 Å². The van der Waals surface area contributed by atoms with Crippen molar-refractivity contribution in [3.63, 3.8) is 0 Å². The van der Waals surface area contributed by atoms with Crippen molar-refractivity contribution < 1.29 is 4.74 Å². The number of hydrogen-bond acceptors (Lipinski definition) is 3. The lowest BCUT2D eigenvalue weighted by atomic mass is 10.0. The van der Waals surface area contributed by atoms with Crippen molar-refractivity contribution in [1.29, 1.82) is 0 Å². The maximum Gasteiger partial charge on any atom is 0.119 e. The van der Waals surface area contributed by atoms with Crippen LogP contribution >= 0.6 is 11.3 Å². The number of methoxy groups -OCH3 is 1. The molecule has 1 heterocycles. The smallest absolute Gasteiger partial charge is 0.119 e. The van der Waals surface area contributed by atoms with Gasteiger partial charge >= 0.3 is 0 Å². The third kappa shape index (κ3) is 2.19. The first-order valence-corrected chi connectivity index (χ1v) is 5.67. The van der Waals surface area contributed by atoms with Crippen molar-refractivity contribution in [3.05, 3.63) is 52.2 Å². The summed E-state index contributed by atoms with van der Waals surface area (Å²) in [6, 6.07) is 9.86. The van der Waals surface area contributed by atoms with Crippen LogP contribution in [0.4, 0.5) is 0 Å². The quantitative estimate of drug-likeness (QED) is 0.861. The average Bonchev–Trinajstić information content (AvgIpc) is 2.81. The molecule has 15 heavy (non-hydrogen) atoms. The van der Waals surface area contributed by atoms with Gasteiger partial charge in [0.15, 0.2) is 0 Å². The van der Waals surface area contributed by atoms with Crippen LogP contribution in [0, 0.1) is 0 Å². The predicted octanol–water partition coefficient (Wildman–Crippen LogP) is 2.80. The highest BCUT2D eigenvalue weighted by Gasteiger charge is 2.09. The minimum absolute atomic E-state index is 0.0636. The lowest BCUT2D eigenvalue weighted by Gasteiger charge is -2.11. The van der Waals surface area contributed by atoms with E-state index in [2.05, 4.69) is 11.4 Å². The van der Waals surface area contributed by atoms with Crippen LogP contribution in [0.1, 0.15) is 17.2 Å². The molecule has 0 aliphatic carbocycles. The molecule has 1 unspecified atom stereocenters. The van der Waals surface area contributed by atoms with Crippen LogP contribution in [0.3, 0.4) is 0 Å². The van der Waals surface area contributed by atoms with Crippen molar-refractivity contribution >= 4 is 11.3 Å². The van der Waals surface area contributed by atoms with Gasteiger partial charge in [0.1, 0.15) is 5.75 Å². The Morgan fingerprint density at radius 2 is 2.13 bits per heavy atom. The van der Waals surface area contributed by atoms with Crippen molar-refractivity contribution in [3.8, 4) is 5.75 Å². The molecule has 0 aliphatic heterocycles. The fourth-order valence-corrected chi connectivity index (χ4v) is 2.18. The molecule has 2 rings (SSSR count). The van der Waals surface area contributed by atoms with Crippen LogP contribution < -0.4 is 10.5 Å². The third-order valence-corrected chi connectivity index (χ3v) is 3.06. The Balaban J connectivity index is 2.29. The molecule has 0 fully saturated rings. The van der Waals surface area contributed by atoms with Crippen molar-refractivity contribution in [2.45, 2.75) is 6.04 Å². The molecule has 0 saturated heterocycles. The molecule has 2 N–H and O–H groups in total. The number of hydrogen-bond donors (Lipinski definition) is 1. The first kappa shape index (κ1) is 10.2. The average molecular weight is 219 g/mol. The summed E-state index contributed by atoms with van der Waals surface area (Å²) >= 11 is 1.66. The number of thiophene rings is 1. The number of benzene rings is 1. The van der Waals surface area contributed by atoms with Crippen LogP contribution in [0.2, 0.25) is 0 Å². The fourth-order valence-electron chi connectivity index (χ4n) is 1.48. The maximum atomic E-state index is 6.14. The summed E-state index contributed by atoms with van der Waals surface area (Å²) in [7, 11) is 1.66. The minimum Gasteiger partial charge on any atom is -0.497 e. The highest BCUT2D eigenvalue weighted by Crippen LogP contribution is 2.24. The summed E-state index contributed by atoms with van der Waals surface area (Å²) in [6.45, 7) is 0. The van der Waals surface area contributed by atoms with Crippen LogP contribution in [0.25, 0.3) is 0 Å². The van der Waals surface area contributed by atoms with Gasteiger partial charge in [0.25, 0.3) is 0 Å². The Morgan fingerprint density at radius 1 is 1.27 bits per heavy atom. The molecule has 0 aliphatic rings. The van der Waals surface area contributed by atoms with E-state index < -0.39 is 0 Å². The van der Waals surface area contributed by atoms with Gasteiger partial charge in [0, 0.05) is 0 Å². The van der Waals surface area contributed by atoms with E-state index in [1.54, 1.807) is 18.4 Å². The van der Waals surface area contributed by atoms with E-state index in [1.165, 1.54) is 0 Å². The third-order valence-electron chi connectivity index (χ3n) is 2.36. The van der Waals surface area contributed by atoms with Crippen molar-refractivity contribution in [2.24, 2.45) is 5.73 Å². The van der Waals surface area contributed by atoms with Crippen molar-refractivity contribution in [1.82, 2.24) is 0 Å². The molecule has 2 nitrogen and oxygen atoms in total. The molecule has 0 spiro atoms. The van der Waals surface area contributed by atoms with Gasteiger partial charge in [-0.3, -0.25) is 0 Å². The van der Waals surface area contributed by atoms with Crippen LogP contribution in [-0.2, 0) is 0 Å². The largest absolute Gasteiger partial charge is 0.497 e. The topological polar surface area (TPSA) is 35.2 Å². The molecule has 78 valence electrons. The van der Waals surface area contributed by atoms with E-state index in [0.717, 1.165) is 16.9 Å². The Hall–Kier alpha value is -1.32. The van der Waals surface area contributed by atoms with E-state index in [4.69, 9.17) is 10.5 Å². The van der Waals surface area contributed by atoms with Crippen molar-refractivity contribution in [2.75, 3.05) is 7.11 Å². The molecule has 0 amide bonds. The first-order valence-electron chi connectivity index (χ1n) is 4.73. The number of nitrogens with two attached hydrogens (primary N) is 1. The zero-order chi connectivity index (χ0) is 10.7. The molecule has 1 atom stereocenters. The molecular formula is C12H13NOS. The van der Waals surface area contributed by atoms with E-state index in [-0.39, 0.29) is 6.04 Å². The summed E-state index contributed by atoms with van der Waals surface area (Å²) in [4.78, 5) is 0. The Morgan fingerprint density at radius 3 is 2.80 bits per heavy atom. The highest BCUT2D eigenvalue weighted by molar-refractivity contribution is 7.08. The zero-order valence-electron chi connectivity index (χ0n) is 8.51. The van der Waals surface area contributed by atoms with Gasteiger partial charge in [-0.05, 0) is 40.1 Å². The molecule has 2 aromatic rings. The van der Waals surface area contributed by atoms with E-state index in [1.807, 2.05) is 29.6 Å². The second-order valence-electron chi connectivity index (χ2n) is 3.31. The molecule has 1 aromatic heterocycles. The summed E-state index contributed by atoms with van der Waals surface area (Å²) in [5, 5.41) is 4.11. The van der Waals surface area contributed by atoms with Gasteiger partial charge < -0.3 is 10.5 Å². The number of rotatable bonds is 3. The Labute approximate surface area is 93.3 Å². The first-order chi connectivity index (χ1) is 7.31. The Bertz CT molecular complexity index is 425. The minimum atomic E-state index is -0.0636. The second-order valence-corrected chi connectivity index (χ2v) is 4.09. The highest BCUT2D eigenvalue weighted by atomic mass is 32.1. The van der Waals surface area contributed by atoms with Gasteiger partial charge in [-0.15, -0.1) is 0 Å². The summed E-state index contributed by atoms with van der Waals surface area (Å²) in [6.07, 6.45) is 0. The van der Waals surface area contributed by atoms with Gasteiger partial charge in [0.05, 0.1) is 13.2 Å². The lowest BCUT2D eigenvalue weighted by Crippen LogP contribution is -2.10. The van der Waals surface area contributed by atoms with Gasteiger partial charge in [-0.2, -0.15) is 11.3 Å². The summed E-state index contributed by atoms with van der Waals surface area (Å²) in [5.74, 6) is 0.846. The predicted molar refractivity (Wildman–Crippen MR) is 63.3 cm³/mol. The molecule has 0 bridgehead atoms. The maximum absolute atomic E-state index is 6.14. The Kier molecular flexibility index (Phi) is 3.04. The van der Waals surface area contributed by atoms with E-state index in [0.29, 0.717) is 0 Å². The van der Waals surface area contributed by atoms with Gasteiger partial charge in [-0.1, -0.05) is 12.1 Å².